The topological polar surface area (TPSA) is 48.0 Å². The SMILES string of the molecule is CCOc1cc(/C=C/C(=O)N2CCC(Oc3cc(C)ccc3C)CC2)ccc1OC. The maximum Gasteiger partial charge on any atom is 0.246 e. The first-order chi connectivity index (χ1) is 14.5. The number of amides is 1. The van der Waals surface area contributed by atoms with E-state index >= 15 is 0 Å². The molecule has 1 aliphatic rings. The molecule has 160 valence electrons. The van der Waals surface area contributed by atoms with Crippen LogP contribution >= 0.6 is 0 Å². The number of nitrogens with zero attached hydrogens (tertiary/aromatic N) is 1. The molecule has 0 aliphatic carbocycles. The summed E-state index contributed by atoms with van der Waals surface area (Å²) in [7, 11) is 1.62. The van der Waals surface area contributed by atoms with Gasteiger partial charge in [-0.3, -0.25) is 4.79 Å². The molecule has 2 aromatic carbocycles. The molecule has 0 spiro atoms. The predicted octanol–water partition coefficient (Wildman–Crippen LogP) is 4.79. The molecule has 1 heterocycles. The highest BCUT2D eigenvalue weighted by Gasteiger charge is 2.23. The quantitative estimate of drug-likeness (QED) is 0.617. The second-order valence-electron chi connectivity index (χ2n) is 7.59. The zero-order valence-corrected chi connectivity index (χ0v) is 18.3. The molecular formula is C25H31NO4. The van der Waals surface area contributed by atoms with E-state index in [-0.39, 0.29) is 12.0 Å². The molecule has 0 N–H and O–H groups in total. The fraction of sp³-hybridized carbons (Fsp3) is 0.400. The van der Waals surface area contributed by atoms with Crippen molar-refractivity contribution in [3.8, 4) is 17.2 Å². The smallest absolute Gasteiger partial charge is 0.246 e. The number of rotatable bonds is 7. The molecule has 1 amide bonds. The van der Waals surface area contributed by atoms with E-state index in [2.05, 4.69) is 32.0 Å². The maximum absolute atomic E-state index is 12.6. The Morgan fingerprint density at radius 1 is 1.07 bits per heavy atom. The van der Waals surface area contributed by atoms with Crippen LogP contribution in [0, 0.1) is 13.8 Å². The summed E-state index contributed by atoms with van der Waals surface area (Å²) >= 11 is 0. The van der Waals surface area contributed by atoms with Gasteiger partial charge in [0.05, 0.1) is 13.7 Å². The fourth-order valence-corrected chi connectivity index (χ4v) is 3.55. The van der Waals surface area contributed by atoms with Gasteiger partial charge in [0.25, 0.3) is 0 Å². The molecule has 5 heteroatoms. The van der Waals surface area contributed by atoms with Gasteiger partial charge in [-0.1, -0.05) is 18.2 Å². The number of benzene rings is 2. The lowest BCUT2D eigenvalue weighted by Crippen LogP contribution is -2.41. The average molecular weight is 410 g/mol. The van der Waals surface area contributed by atoms with Crippen LogP contribution in [0.2, 0.25) is 0 Å². The maximum atomic E-state index is 12.6. The van der Waals surface area contributed by atoms with Crippen molar-refractivity contribution in [2.24, 2.45) is 0 Å². The van der Waals surface area contributed by atoms with E-state index in [9.17, 15) is 4.79 Å². The Kier molecular flexibility index (Phi) is 7.39. The molecule has 3 rings (SSSR count). The molecule has 0 radical (unpaired) electrons. The Morgan fingerprint density at radius 3 is 2.53 bits per heavy atom. The third-order valence-electron chi connectivity index (χ3n) is 5.30. The van der Waals surface area contributed by atoms with Crippen molar-refractivity contribution >= 4 is 12.0 Å². The zero-order chi connectivity index (χ0) is 21.5. The summed E-state index contributed by atoms with van der Waals surface area (Å²) < 4.78 is 17.1. The Bertz CT molecular complexity index is 898. The van der Waals surface area contributed by atoms with Crippen LogP contribution in [0.3, 0.4) is 0 Å². The van der Waals surface area contributed by atoms with E-state index in [1.54, 1.807) is 13.2 Å². The average Bonchev–Trinajstić information content (AvgIpc) is 2.75. The van der Waals surface area contributed by atoms with Crippen molar-refractivity contribution in [2.45, 2.75) is 39.7 Å². The summed E-state index contributed by atoms with van der Waals surface area (Å²) in [5, 5.41) is 0. The number of piperidine rings is 1. The van der Waals surface area contributed by atoms with E-state index in [1.807, 2.05) is 36.1 Å². The Morgan fingerprint density at radius 2 is 1.83 bits per heavy atom. The Hall–Kier alpha value is -2.95. The van der Waals surface area contributed by atoms with E-state index in [0.29, 0.717) is 31.2 Å². The number of ether oxygens (including phenoxy) is 3. The van der Waals surface area contributed by atoms with Crippen molar-refractivity contribution in [1.29, 1.82) is 0 Å². The van der Waals surface area contributed by atoms with Crippen LogP contribution in [-0.2, 0) is 4.79 Å². The fourth-order valence-electron chi connectivity index (χ4n) is 3.55. The van der Waals surface area contributed by atoms with Gasteiger partial charge in [-0.2, -0.15) is 0 Å². The van der Waals surface area contributed by atoms with E-state index in [0.717, 1.165) is 29.7 Å². The Balaban J connectivity index is 1.55. The highest BCUT2D eigenvalue weighted by molar-refractivity contribution is 5.92. The van der Waals surface area contributed by atoms with E-state index in [4.69, 9.17) is 14.2 Å². The van der Waals surface area contributed by atoms with Gasteiger partial charge in [-0.15, -0.1) is 0 Å². The van der Waals surface area contributed by atoms with Crippen LogP contribution in [0.4, 0.5) is 0 Å². The summed E-state index contributed by atoms with van der Waals surface area (Å²) in [6.07, 6.45) is 5.27. The van der Waals surface area contributed by atoms with E-state index in [1.165, 1.54) is 5.56 Å². The molecule has 0 bridgehead atoms. The molecule has 1 fully saturated rings. The second-order valence-corrected chi connectivity index (χ2v) is 7.59. The van der Waals surface area contributed by atoms with Gasteiger partial charge in [0, 0.05) is 32.0 Å². The number of hydrogen-bond donors (Lipinski definition) is 0. The lowest BCUT2D eigenvalue weighted by atomic mass is 10.1. The molecule has 5 nitrogen and oxygen atoms in total. The van der Waals surface area contributed by atoms with Gasteiger partial charge >= 0.3 is 0 Å². The predicted molar refractivity (Wildman–Crippen MR) is 119 cm³/mol. The van der Waals surface area contributed by atoms with Crippen molar-refractivity contribution in [3.05, 3.63) is 59.2 Å². The van der Waals surface area contributed by atoms with Gasteiger partial charge < -0.3 is 19.1 Å². The summed E-state index contributed by atoms with van der Waals surface area (Å²) in [4.78, 5) is 14.5. The van der Waals surface area contributed by atoms with Crippen molar-refractivity contribution in [3.63, 3.8) is 0 Å². The summed E-state index contributed by atoms with van der Waals surface area (Å²) in [6, 6.07) is 11.9. The summed E-state index contributed by atoms with van der Waals surface area (Å²) in [5.41, 5.74) is 3.24. The summed E-state index contributed by atoms with van der Waals surface area (Å²) in [5.74, 6) is 2.34. The van der Waals surface area contributed by atoms with Crippen LogP contribution in [0.1, 0.15) is 36.5 Å². The molecular weight excluding hydrogens is 378 g/mol. The van der Waals surface area contributed by atoms with Crippen LogP contribution in [0.25, 0.3) is 6.08 Å². The Labute approximate surface area is 179 Å². The molecule has 1 saturated heterocycles. The van der Waals surface area contributed by atoms with Crippen molar-refractivity contribution < 1.29 is 19.0 Å². The van der Waals surface area contributed by atoms with Crippen LogP contribution in [-0.4, -0.2) is 43.7 Å². The highest BCUT2D eigenvalue weighted by Crippen LogP contribution is 2.28. The van der Waals surface area contributed by atoms with Gasteiger partial charge in [0.15, 0.2) is 11.5 Å². The van der Waals surface area contributed by atoms with Crippen molar-refractivity contribution in [1.82, 2.24) is 4.90 Å². The summed E-state index contributed by atoms with van der Waals surface area (Å²) in [6.45, 7) is 8.02. The van der Waals surface area contributed by atoms with Gasteiger partial charge in [0.2, 0.25) is 5.91 Å². The largest absolute Gasteiger partial charge is 0.493 e. The molecule has 2 aromatic rings. The van der Waals surface area contributed by atoms with Gasteiger partial charge in [0.1, 0.15) is 11.9 Å². The standard InChI is InChI=1S/C25H31NO4/c1-5-29-24-17-20(8-10-22(24)28-4)9-11-25(27)26-14-12-21(13-15-26)30-23-16-18(2)6-7-19(23)3/h6-11,16-17,21H,5,12-15H2,1-4H3/b11-9+. The number of carbonyl (C=O) groups is 1. The molecule has 0 unspecified atom stereocenters. The lowest BCUT2D eigenvalue weighted by molar-refractivity contribution is -0.127. The lowest BCUT2D eigenvalue weighted by Gasteiger charge is -2.32. The van der Waals surface area contributed by atoms with Crippen LogP contribution in [0.5, 0.6) is 17.2 Å². The molecule has 1 aliphatic heterocycles. The van der Waals surface area contributed by atoms with Crippen LogP contribution < -0.4 is 14.2 Å². The molecule has 30 heavy (non-hydrogen) atoms. The van der Waals surface area contributed by atoms with Gasteiger partial charge in [-0.05, 0) is 61.7 Å². The third kappa shape index (κ3) is 5.56. The first-order valence-electron chi connectivity index (χ1n) is 10.5. The minimum absolute atomic E-state index is 0.0222. The number of aryl methyl sites for hydroxylation is 2. The minimum atomic E-state index is 0.0222. The third-order valence-corrected chi connectivity index (χ3v) is 5.30. The number of hydrogen-bond acceptors (Lipinski definition) is 4. The number of carbonyl (C=O) groups excluding carboxylic acids is 1. The highest BCUT2D eigenvalue weighted by atomic mass is 16.5. The van der Waals surface area contributed by atoms with Crippen LogP contribution in [0.15, 0.2) is 42.5 Å². The monoisotopic (exact) mass is 409 g/mol. The first kappa shape index (κ1) is 21.8. The second kappa shape index (κ2) is 10.2. The van der Waals surface area contributed by atoms with Crippen molar-refractivity contribution in [2.75, 3.05) is 26.8 Å². The normalized spacial score (nSPS) is 14.7. The van der Waals surface area contributed by atoms with E-state index < -0.39 is 0 Å². The first-order valence-corrected chi connectivity index (χ1v) is 10.5. The number of methoxy groups -OCH3 is 1. The zero-order valence-electron chi connectivity index (χ0n) is 18.3. The minimum Gasteiger partial charge on any atom is -0.493 e. The van der Waals surface area contributed by atoms with Gasteiger partial charge in [-0.25, -0.2) is 0 Å². The molecule has 0 saturated carbocycles. The number of likely N-dealkylation sites (tertiary alicyclic amines) is 1. The molecule has 0 atom stereocenters. The molecule has 0 aromatic heterocycles.